The van der Waals surface area contributed by atoms with E-state index < -0.39 is 0 Å². The molecule has 0 atom stereocenters. The fraction of sp³-hybridized carbons (Fsp3) is 0. The maximum atomic E-state index is 11.0. The molecule has 4 nitrogen and oxygen atoms in total. The summed E-state index contributed by atoms with van der Waals surface area (Å²) in [6.07, 6.45) is 1.41. The van der Waals surface area contributed by atoms with Gasteiger partial charge in [-0.15, -0.1) is 0 Å². The van der Waals surface area contributed by atoms with E-state index in [1.807, 2.05) is 18.2 Å². The number of hydrogen-bond donors (Lipinski definition) is 1. The SMILES string of the molecule is O=CO.O=c1occc2ccccc12. The van der Waals surface area contributed by atoms with E-state index in [0.717, 1.165) is 5.39 Å². The smallest absolute Gasteiger partial charge is 0.343 e. The van der Waals surface area contributed by atoms with Gasteiger partial charge >= 0.3 is 5.63 Å². The molecule has 0 spiro atoms. The zero-order valence-corrected chi connectivity index (χ0v) is 7.21. The highest BCUT2D eigenvalue weighted by Crippen LogP contribution is 2.06. The molecule has 0 unspecified atom stereocenters. The van der Waals surface area contributed by atoms with E-state index in [9.17, 15) is 4.79 Å². The van der Waals surface area contributed by atoms with Crippen LogP contribution in [0.5, 0.6) is 0 Å². The second-order valence-electron chi connectivity index (χ2n) is 2.40. The van der Waals surface area contributed by atoms with Crippen LogP contribution < -0.4 is 5.63 Å². The largest absolute Gasteiger partial charge is 0.483 e. The molecule has 0 saturated heterocycles. The third-order valence-electron chi connectivity index (χ3n) is 1.60. The predicted molar refractivity (Wildman–Crippen MR) is 51.2 cm³/mol. The van der Waals surface area contributed by atoms with Crippen LogP contribution in [-0.2, 0) is 4.79 Å². The molecule has 0 bridgehead atoms. The van der Waals surface area contributed by atoms with Crippen molar-refractivity contribution in [3.8, 4) is 0 Å². The molecular formula is C10H8O4. The summed E-state index contributed by atoms with van der Waals surface area (Å²) in [6, 6.07) is 9.12. The first kappa shape index (κ1) is 9.98. The fourth-order valence-corrected chi connectivity index (χ4v) is 1.06. The van der Waals surface area contributed by atoms with Gasteiger partial charge in [0.2, 0.25) is 0 Å². The molecule has 0 aliphatic carbocycles. The maximum Gasteiger partial charge on any atom is 0.343 e. The van der Waals surface area contributed by atoms with Gasteiger partial charge in [0.05, 0.1) is 11.6 Å². The zero-order chi connectivity index (χ0) is 10.4. The molecule has 2 aromatic rings. The van der Waals surface area contributed by atoms with E-state index in [0.29, 0.717) is 5.39 Å². The third kappa shape index (κ3) is 2.20. The zero-order valence-electron chi connectivity index (χ0n) is 7.21. The highest BCUT2D eigenvalue weighted by molar-refractivity contribution is 5.80. The van der Waals surface area contributed by atoms with E-state index in [2.05, 4.69) is 4.42 Å². The van der Waals surface area contributed by atoms with Gasteiger partial charge < -0.3 is 9.52 Å². The van der Waals surface area contributed by atoms with E-state index in [1.165, 1.54) is 6.26 Å². The first-order valence-corrected chi connectivity index (χ1v) is 3.84. The van der Waals surface area contributed by atoms with Crippen LogP contribution in [-0.4, -0.2) is 11.6 Å². The molecule has 0 saturated carbocycles. The van der Waals surface area contributed by atoms with Crippen LogP contribution in [0.15, 0.2) is 45.8 Å². The minimum atomic E-state index is -0.275. The number of benzene rings is 1. The van der Waals surface area contributed by atoms with Crippen molar-refractivity contribution < 1.29 is 14.3 Å². The molecule has 1 aromatic carbocycles. The monoisotopic (exact) mass is 192 g/mol. The normalized spacial score (nSPS) is 8.86. The molecule has 1 heterocycles. The Morgan fingerprint density at radius 2 is 1.86 bits per heavy atom. The van der Waals surface area contributed by atoms with Crippen LogP contribution in [0.2, 0.25) is 0 Å². The molecule has 0 aliphatic heterocycles. The number of carbonyl (C=O) groups is 1. The Bertz CT molecular complexity index is 467. The van der Waals surface area contributed by atoms with Crippen molar-refractivity contribution in [1.82, 2.24) is 0 Å². The predicted octanol–water partition coefficient (Wildman–Crippen LogP) is 1.49. The summed E-state index contributed by atoms with van der Waals surface area (Å²) in [7, 11) is 0. The quantitative estimate of drug-likeness (QED) is 0.642. The Morgan fingerprint density at radius 1 is 1.21 bits per heavy atom. The minimum Gasteiger partial charge on any atom is -0.483 e. The van der Waals surface area contributed by atoms with Gasteiger partial charge in [-0.2, -0.15) is 0 Å². The Labute approximate surface area is 79.4 Å². The second kappa shape index (κ2) is 4.81. The molecule has 4 heteroatoms. The standard InChI is InChI=1S/C9H6O2.CH2O2/c10-9-8-4-2-1-3-7(8)5-6-11-9;2-1-3/h1-6H;1H,(H,2,3). The van der Waals surface area contributed by atoms with E-state index in [-0.39, 0.29) is 12.1 Å². The lowest BCUT2D eigenvalue weighted by Gasteiger charge is -1.91. The van der Waals surface area contributed by atoms with E-state index >= 15 is 0 Å². The van der Waals surface area contributed by atoms with Gasteiger partial charge in [-0.25, -0.2) is 4.79 Å². The van der Waals surface area contributed by atoms with Gasteiger partial charge in [0, 0.05) is 0 Å². The molecule has 0 aliphatic rings. The fourth-order valence-electron chi connectivity index (χ4n) is 1.06. The summed E-state index contributed by atoms with van der Waals surface area (Å²) in [4.78, 5) is 19.4. The molecular weight excluding hydrogens is 184 g/mol. The Morgan fingerprint density at radius 3 is 2.50 bits per heavy atom. The summed E-state index contributed by atoms with van der Waals surface area (Å²) >= 11 is 0. The summed E-state index contributed by atoms with van der Waals surface area (Å²) in [5.74, 6) is 0. The maximum absolute atomic E-state index is 11.0. The Balaban J connectivity index is 0.000000293. The number of hydrogen-bond acceptors (Lipinski definition) is 3. The lowest BCUT2D eigenvalue weighted by atomic mass is 10.2. The summed E-state index contributed by atoms with van der Waals surface area (Å²) in [5, 5.41) is 8.44. The summed E-state index contributed by atoms with van der Waals surface area (Å²) in [5.41, 5.74) is -0.275. The molecule has 1 aromatic heterocycles. The van der Waals surface area contributed by atoms with E-state index in [4.69, 9.17) is 9.90 Å². The van der Waals surface area contributed by atoms with E-state index in [1.54, 1.807) is 12.1 Å². The van der Waals surface area contributed by atoms with Crippen molar-refractivity contribution in [2.24, 2.45) is 0 Å². The number of carboxylic acid groups (broad SMARTS) is 1. The van der Waals surface area contributed by atoms with Crippen molar-refractivity contribution >= 4 is 17.2 Å². The molecule has 0 fully saturated rings. The van der Waals surface area contributed by atoms with Gasteiger partial charge in [0.25, 0.3) is 6.47 Å². The van der Waals surface area contributed by atoms with Gasteiger partial charge in [-0.05, 0) is 17.5 Å². The molecule has 2 rings (SSSR count). The second-order valence-corrected chi connectivity index (χ2v) is 2.40. The first-order chi connectivity index (χ1) is 6.79. The topological polar surface area (TPSA) is 67.5 Å². The van der Waals surface area contributed by atoms with Crippen molar-refractivity contribution in [2.75, 3.05) is 0 Å². The minimum absolute atomic E-state index is 0.250. The van der Waals surface area contributed by atoms with Crippen LogP contribution in [0.4, 0.5) is 0 Å². The Kier molecular flexibility index (Phi) is 3.43. The third-order valence-corrected chi connectivity index (χ3v) is 1.60. The average Bonchev–Trinajstić information content (AvgIpc) is 2.20. The molecule has 14 heavy (non-hydrogen) atoms. The lowest BCUT2D eigenvalue weighted by molar-refractivity contribution is -0.122. The van der Waals surface area contributed by atoms with Crippen LogP contribution in [0.25, 0.3) is 10.8 Å². The van der Waals surface area contributed by atoms with Crippen LogP contribution >= 0.6 is 0 Å². The molecule has 1 N–H and O–H groups in total. The first-order valence-electron chi connectivity index (χ1n) is 3.84. The van der Waals surface area contributed by atoms with Crippen molar-refractivity contribution in [2.45, 2.75) is 0 Å². The van der Waals surface area contributed by atoms with Crippen molar-refractivity contribution in [3.63, 3.8) is 0 Å². The van der Waals surface area contributed by atoms with Gasteiger partial charge in [0.15, 0.2) is 0 Å². The van der Waals surface area contributed by atoms with Crippen LogP contribution in [0, 0.1) is 0 Å². The number of rotatable bonds is 0. The molecule has 72 valence electrons. The molecule has 0 amide bonds. The van der Waals surface area contributed by atoms with Gasteiger partial charge in [-0.1, -0.05) is 18.2 Å². The van der Waals surface area contributed by atoms with Crippen LogP contribution in [0.1, 0.15) is 0 Å². The highest BCUT2D eigenvalue weighted by Gasteiger charge is 1.94. The van der Waals surface area contributed by atoms with Gasteiger partial charge in [0.1, 0.15) is 0 Å². The average molecular weight is 192 g/mol. The van der Waals surface area contributed by atoms with Gasteiger partial charge in [-0.3, -0.25) is 4.79 Å². The van der Waals surface area contributed by atoms with Crippen LogP contribution in [0.3, 0.4) is 0 Å². The highest BCUT2D eigenvalue weighted by atomic mass is 16.4. The van der Waals surface area contributed by atoms with Crippen molar-refractivity contribution in [3.05, 3.63) is 47.0 Å². The summed E-state index contributed by atoms with van der Waals surface area (Å²) in [6.45, 7) is -0.250. The van der Waals surface area contributed by atoms with Crippen molar-refractivity contribution in [1.29, 1.82) is 0 Å². The lowest BCUT2D eigenvalue weighted by Crippen LogP contribution is -1.96. The Hall–Kier alpha value is -2.10. The molecule has 0 radical (unpaired) electrons. The summed E-state index contributed by atoms with van der Waals surface area (Å²) < 4.78 is 4.68. The number of fused-ring (bicyclic) bond motifs is 1.